The van der Waals surface area contributed by atoms with Crippen LogP contribution in [0.1, 0.15) is 11.1 Å². The molecular weight excluding hydrogens is 444 g/mol. The third kappa shape index (κ3) is 5.40. The summed E-state index contributed by atoms with van der Waals surface area (Å²) >= 11 is 0. The van der Waals surface area contributed by atoms with Crippen molar-refractivity contribution in [2.45, 2.75) is 0 Å². The Labute approximate surface area is 209 Å². The molecule has 0 atom stereocenters. The molecule has 0 unspecified atom stereocenters. The van der Waals surface area contributed by atoms with E-state index in [1.165, 1.54) is 12.2 Å². The highest BCUT2D eigenvalue weighted by Gasteiger charge is 2.03. The Hall–Kier alpha value is -4.96. The van der Waals surface area contributed by atoms with Crippen LogP contribution in [0.2, 0.25) is 0 Å². The van der Waals surface area contributed by atoms with Crippen LogP contribution < -0.4 is 10.6 Å². The molecule has 5 aromatic rings. The van der Waals surface area contributed by atoms with Gasteiger partial charge in [0.15, 0.2) is 0 Å². The van der Waals surface area contributed by atoms with Gasteiger partial charge in [0, 0.05) is 23.5 Å². The van der Waals surface area contributed by atoms with E-state index < -0.39 is 0 Å². The third-order valence-corrected chi connectivity index (χ3v) is 5.90. The van der Waals surface area contributed by atoms with E-state index in [9.17, 15) is 9.59 Å². The van der Waals surface area contributed by atoms with Crippen LogP contribution in [-0.4, -0.2) is 11.8 Å². The van der Waals surface area contributed by atoms with Gasteiger partial charge in [-0.25, -0.2) is 0 Å². The molecule has 0 aromatic heterocycles. The Kier molecular flexibility index (Phi) is 6.68. The Morgan fingerprint density at radius 2 is 0.861 bits per heavy atom. The van der Waals surface area contributed by atoms with Crippen LogP contribution in [0.4, 0.5) is 11.4 Å². The summed E-state index contributed by atoms with van der Waals surface area (Å²) in [5.74, 6) is -0.449. The van der Waals surface area contributed by atoms with Crippen LogP contribution in [0, 0.1) is 0 Å². The molecule has 5 rings (SSSR count). The van der Waals surface area contributed by atoms with Gasteiger partial charge in [-0.2, -0.15) is 0 Å². The minimum absolute atomic E-state index is 0.224. The average Bonchev–Trinajstić information content (AvgIpc) is 2.92. The number of carbonyl (C=O) groups excluding carboxylic acids is 2. The first-order chi connectivity index (χ1) is 17.7. The van der Waals surface area contributed by atoms with Gasteiger partial charge in [-0.15, -0.1) is 0 Å². The molecule has 5 aromatic carbocycles. The van der Waals surface area contributed by atoms with Crippen LogP contribution in [-0.2, 0) is 9.59 Å². The van der Waals surface area contributed by atoms with Crippen LogP contribution in [0.25, 0.3) is 33.7 Å². The normalized spacial score (nSPS) is 11.3. The van der Waals surface area contributed by atoms with Gasteiger partial charge in [0.25, 0.3) is 0 Å². The Morgan fingerprint density at radius 3 is 1.31 bits per heavy atom. The molecule has 0 heterocycles. The summed E-state index contributed by atoms with van der Waals surface area (Å²) in [7, 11) is 0. The minimum atomic E-state index is -0.224. The molecule has 2 amide bonds. The fourth-order valence-electron chi connectivity index (χ4n) is 4.13. The predicted octanol–water partition coefficient (Wildman–Crippen LogP) is 7.30. The standard InChI is InChI=1S/C32H24N2O2/c35-31(21-15-25-11-5-9-23-7-1-3-13-29(23)25)33-27-17-19-28(20-18-27)34-32(36)22-16-26-12-6-10-24-8-2-4-14-30(24)26/h1-22H,(H,33,35)(H,34,36)/b21-15+,22-16+. The Morgan fingerprint density at radius 1 is 0.472 bits per heavy atom. The van der Waals surface area contributed by atoms with Gasteiger partial charge >= 0.3 is 0 Å². The lowest BCUT2D eigenvalue weighted by Crippen LogP contribution is -2.09. The van der Waals surface area contributed by atoms with Crippen molar-refractivity contribution in [2.24, 2.45) is 0 Å². The lowest BCUT2D eigenvalue weighted by molar-refractivity contribution is -0.112. The van der Waals surface area contributed by atoms with Crippen molar-refractivity contribution in [3.05, 3.63) is 132 Å². The first-order valence-corrected chi connectivity index (χ1v) is 11.7. The van der Waals surface area contributed by atoms with Gasteiger partial charge in [-0.3, -0.25) is 9.59 Å². The summed E-state index contributed by atoms with van der Waals surface area (Å²) < 4.78 is 0. The molecule has 0 saturated carbocycles. The molecule has 0 spiro atoms. The third-order valence-electron chi connectivity index (χ3n) is 5.90. The average molecular weight is 469 g/mol. The molecule has 4 nitrogen and oxygen atoms in total. The van der Waals surface area contributed by atoms with Gasteiger partial charge in [-0.05, 0) is 69.1 Å². The molecule has 174 valence electrons. The van der Waals surface area contributed by atoms with E-state index in [1.807, 2.05) is 97.1 Å². The number of anilines is 2. The minimum Gasteiger partial charge on any atom is -0.323 e. The zero-order chi connectivity index (χ0) is 24.7. The van der Waals surface area contributed by atoms with Crippen LogP contribution in [0.15, 0.2) is 121 Å². The van der Waals surface area contributed by atoms with E-state index in [1.54, 1.807) is 24.3 Å². The maximum Gasteiger partial charge on any atom is 0.248 e. The molecule has 0 fully saturated rings. The summed E-state index contributed by atoms with van der Waals surface area (Å²) in [5.41, 5.74) is 3.26. The first-order valence-electron chi connectivity index (χ1n) is 11.7. The van der Waals surface area contributed by atoms with Crippen molar-refractivity contribution in [3.63, 3.8) is 0 Å². The summed E-state index contributed by atoms with van der Waals surface area (Å²) in [6.07, 6.45) is 6.67. The molecule has 2 N–H and O–H groups in total. The van der Waals surface area contributed by atoms with E-state index in [0.717, 1.165) is 32.7 Å². The summed E-state index contributed by atoms with van der Waals surface area (Å²) in [6, 6.07) is 35.2. The Bertz CT molecular complexity index is 1480. The second-order valence-corrected chi connectivity index (χ2v) is 8.36. The van der Waals surface area contributed by atoms with Gasteiger partial charge in [0.2, 0.25) is 11.8 Å². The number of hydrogen-bond acceptors (Lipinski definition) is 2. The topological polar surface area (TPSA) is 58.2 Å². The SMILES string of the molecule is O=C(/C=C/c1cccc2ccccc12)Nc1ccc(NC(=O)/C=C/c2cccc3ccccc23)cc1. The zero-order valence-electron chi connectivity index (χ0n) is 19.5. The highest BCUT2D eigenvalue weighted by Crippen LogP contribution is 2.21. The van der Waals surface area contributed by atoms with Crippen LogP contribution in [0.3, 0.4) is 0 Å². The fourth-order valence-corrected chi connectivity index (χ4v) is 4.13. The Balaban J connectivity index is 1.19. The molecule has 36 heavy (non-hydrogen) atoms. The van der Waals surface area contributed by atoms with Crippen molar-refractivity contribution < 1.29 is 9.59 Å². The summed E-state index contributed by atoms with van der Waals surface area (Å²) in [6.45, 7) is 0. The predicted molar refractivity (Wildman–Crippen MR) is 150 cm³/mol. The number of nitrogens with one attached hydrogen (secondary N) is 2. The maximum absolute atomic E-state index is 12.4. The van der Waals surface area contributed by atoms with Crippen molar-refractivity contribution in [2.75, 3.05) is 10.6 Å². The zero-order valence-corrected chi connectivity index (χ0v) is 19.5. The van der Waals surface area contributed by atoms with E-state index in [4.69, 9.17) is 0 Å². The summed E-state index contributed by atoms with van der Waals surface area (Å²) in [4.78, 5) is 24.8. The van der Waals surface area contributed by atoms with Crippen molar-refractivity contribution in [1.29, 1.82) is 0 Å². The van der Waals surface area contributed by atoms with E-state index in [-0.39, 0.29) is 11.8 Å². The van der Waals surface area contributed by atoms with E-state index >= 15 is 0 Å². The molecule has 0 bridgehead atoms. The van der Waals surface area contributed by atoms with Gasteiger partial charge in [0.1, 0.15) is 0 Å². The monoisotopic (exact) mass is 468 g/mol. The molecule has 0 radical (unpaired) electrons. The first kappa shape index (κ1) is 22.8. The number of benzene rings is 5. The number of carbonyl (C=O) groups is 2. The number of amides is 2. The van der Waals surface area contributed by atoms with Crippen LogP contribution >= 0.6 is 0 Å². The highest BCUT2D eigenvalue weighted by atomic mass is 16.2. The molecule has 0 aliphatic rings. The highest BCUT2D eigenvalue weighted by molar-refractivity contribution is 6.05. The maximum atomic E-state index is 12.4. The van der Waals surface area contributed by atoms with E-state index in [2.05, 4.69) is 10.6 Å². The lowest BCUT2D eigenvalue weighted by Gasteiger charge is -2.06. The van der Waals surface area contributed by atoms with Crippen molar-refractivity contribution in [3.8, 4) is 0 Å². The number of fused-ring (bicyclic) bond motifs is 2. The van der Waals surface area contributed by atoms with Crippen LogP contribution in [0.5, 0.6) is 0 Å². The molecular formula is C32H24N2O2. The van der Waals surface area contributed by atoms with Gasteiger partial charge in [0.05, 0.1) is 0 Å². The second kappa shape index (κ2) is 10.5. The number of hydrogen-bond donors (Lipinski definition) is 2. The second-order valence-electron chi connectivity index (χ2n) is 8.36. The molecule has 0 saturated heterocycles. The van der Waals surface area contributed by atoms with Gasteiger partial charge < -0.3 is 10.6 Å². The quantitative estimate of drug-likeness (QED) is 0.257. The fraction of sp³-hybridized carbons (Fsp3) is 0. The smallest absolute Gasteiger partial charge is 0.248 e. The number of rotatable bonds is 6. The molecule has 0 aliphatic carbocycles. The lowest BCUT2D eigenvalue weighted by atomic mass is 10.0. The summed E-state index contributed by atoms with van der Waals surface area (Å²) in [5, 5.41) is 10.2. The van der Waals surface area contributed by atoms with Crippen molar-refractivity contribution in [1.82, 2.24) is 0 Å². The van der Waals surface area contributed by atoms with Crippen molar-refractivity contribution >= 4 is 56.9 Å². The van der Waals surface area contributed by atoms with Gasteiger partial charge in [-0.1, -0.05) is 84.9 Å². The molecule has 0 aliphatic heterocycles. The van der Waals surface area contributed by atoms with E-state index in [0.29, 0.717) is 11.4 Å². The molecule has 4 heteroatoms. The largest absolute Gasteiger partial charge is 0.323 e.